The molecule has 0 atom stereocenters. The van der Waals surface area contributed by atoms with E-state index in [1.807, 2.05) is 43.3 Å². The van der Waals surface area contributed by atoms with Gasteiger partial charge in [0, 0.05) is 23.7 Å². The predicted molar refractivity (Wildman–Crippen MR) is 124 cm³/mol. The summed E-state index contributed by atoms with van der Waals surface area (Å²) < 4.78 is 6.87. The first-order valence-electron chi connectivity index (χ1n) is 10.4. The third-order valence-corrected chi connectivity index (χ3v) is 5.37. The summed E-state index contributed by atoms with van der Waals surface area (Å²) in [6, 6.07) is 17.8. The third-order valence-electron chi connectivity index (χ3n) is 5.20. The van der Waals surface area contributed by atoms with E-state index in [0.29, 0.717) is 12.4 Å². The van der Waals surface area contributed by atoms with Crippen LogP contribution in [-0.2, 0) is 13.0 Å². The SMILES string of the molecule is CCCCc1nc(C)cc(=O)n1Cc1ccc(-c2ccccc2-c2nc(=S)o[nH]2)cc1. The van der Waals surface area contributed by atoms with Crippen molar-refractivity contribution in [2.45, 2.75) is 39.7 Å². The normalized spacial score (nSPS) is 11.0. The van der Waals surface area contributed by atoms with Crippen LogP contribution in [0.25, 0.3) is 22.5 Å². The number of nitrogens with zero attached hydrogens (tertiary/aromatic N) is 3. The van der Waals surface area contributed by atoms with Gasteiger partial charge in [-0.2, -0.15) is 4.98 Å². The number of hydrogen-bond donors (Lipinski definition) is 1. The second-order valence-corrected chi connectivity index (χ2v) is 7.86. The molecule has 0 saturated carbocycles. The van der Waals surface area contributed by atoms with Gasteiger partial charge in [0.15, 0.2) is 5.82 Å². The van der Waals surface area contributed by atoms with E-state index in [1.54, 1.807) is 10.6 Å². The molecule has 1 N–H and O–H groups in total. The molecule has 0 aliphatic rings. The van der Waals surface area contributed by atoms with E-state index in [1.165, 1.54) is 0 Å². The molecule has 4 aromatic rings. The highest BCUT2D eigenvalue weighted by molar-refractivity contribution is 7.71. The van der Waals surface area contributed by atoms with Crippen molar-refractivity contribution >= 4 is 12.2 Å². The van der Waals surface area contributed by atoms with E-state index in [9.17, 15) is 4.79 Å². The zero-order chi connectivity index (χ0) is 21.8. The van der Waals surface area contributed by atoms with Crippen LogP contribution in [0, 0.1) is 11.8 Å². The van der Waals surface area contributed by atoms with Crippen molar-refractivity contribution in [2.75, 3.05) is 0 Å². The zero-order valence-corrected chi connectivity index (χ0v) is 18.4. The lowest BCUT2D eigenvalue weighted by Crippen LogP contribution is -2.25. The van der Waals surface area contributed by atoms with E-state index >= 15 is 0 Å². The van der Waals surface area contributed by atoms with Crippen LogP contribution in [0.3, 0.4) is 0 Å². The van der Waals surface area contributed by atoms with Crippen LogP contribution >= 0.6 is 12.2 Å². The lowest BCUT2D eigenvalue weighted by atomic mass is 9.98. The fourth-order valence-electron chi connectivity index (χ4n) is 3.63. The smallest absolute Gasteiger partial charge is 0.314 e. The van der Waals surface area contributed by atoms with Crippen LogP contribution in [0.4, 0.5) is 0 Å². The van der Waals surface area contributed by atoms with Crippen molar-refractivity contribution in [3.8, 4) is 22.5 Å². The Labute approximate surface area is 185 Å². The summed E-state index contributed by atoms with van der Waals surface area (Å²) in [7, 11) is 0. The Morgan fingerprint density at radius 1 is 1.06 bits per heavy atom. The fraction of sp³-hybridized carbons (Fsp3) is 0.250. The quantitative estimate of drug-likeness (QED) is 0.400. The van der Waals surface area contributed by atoms with Gasteiger partial charge in [0.2, 0.25) is 0 Å². The first-order chi connectivity index (χ1) is 15.0. The molecular formula is C24H24N4O2S. The van der Waals surface area contributed by atoms with E-state index in [0.717, 1.165) is 53.0 Å². The number of aryl methyl sites for hydroxylation is 2. The van der Waals surface area contributed by atoms with Gasteiger partial charge in [-0.1, -0.05) is 61.9 Å². The van der Waals surface area contributed by atoms with Crippen molar-refractivity contribution in [1.29, 1.82) is 0 Å². The van der Waals surface area contributed by atoms with Gasteiger partial charge in [-0.05, 0) is 42.3 Å². The summed E-state index contributed by atoms with van der Waals surface area (Å²) in [5, 5.41) is 2.77. The number of H-pyrrole nitrogens is 1. The van der Waals surface area contributed by atoms with Gasteiger partial charge in [0.25, 0.3) is 5.56 Å². The molecule has 2 aromatic heterocycles. The summed E-state index contributed by atoms with van der Waals surface area (Å²) in [5.41, 5.74) is 4.79. The third kappa shape index (κ3) is 4.72. The highest BCUT2D eigenvalue weighted by Gasteiger charge is 2.11. The second-order valence-electron chi connectivity index (χ2n) is 7.51. The van der Waals surface area contributed by atoms with Gasteiger partial charge >= 0.3 is 4.84 Å². The molecule has 0 fully saturated rings. The van der Waals surface area contributed by atoms with Crippen molar-refractivity contribution < 1.29 is 4.52 Å². The number of aromatic nitrogens is 4. The highest BCUT2D eigenvalue weighted by atomic mass is 32.1. The molecule has 0 spiro atoms. The lowest BCUT2D eigenvalue weighted by molar-refractivity contribution is 0.406. The molecule has 0 aliphatic carbocycles. The average Bonchev–Trinajstić information content (AvgIpc) is 3.21. The molecule has 0 aliphatic heterocycles. The maximum Gasteiger partial charge on any atom is 0.314 e. The summed E-state index contributed by atoms with van der Waals surface area (Å²) in [4.78, 5) is 21.6. The molecule has 0 radical (unpaired) electrons. The monoisotopic (exact) mass is 432 g/mol. The van der Waals surface area contributed by atoms with Gasteiger partial charge in [0.1, 0.15) is 5.82 Å². The molecule has 2 aromatic carbocycles. The fourth-order valence-corrected chi connectivity index (χ4v) is 3.77. The number of aromatic amines is 1. The Balaban J connectivity index is 1.64. The Morgan fingerprint density at radius 3 is 2.48 bits per heavy atom. The number of unbranched alkanes of at least 4 members (excludes halogenated alkanes) is 1. The Bertz CT molecular complexity index is 1300. The largest absolute Gasteiger partial charge is 0.348 e. The van der Waals surface area contributed by atoms with Gasteiger partial charge in [-0.25, -0.2) is 10.1 Å². The standard InChI is InChI=1S/C24H24N4O2S/c1-3-4-9-21-25-16(2)14-22(29)28(21)15-17-10-12-18(13-11-17)19-7-5-6-8-20(19)23-26-24(31)30-27-23/h5-8,10-14H,3-4,9,15H2,1-2H3,(H,26,27,31). The molecule has 4 rings (SSSR count). The molecule has 0 amide bonds. The molecule has 0 unspecified atom stereocenters. The van der Waals surface area contributed by atoms with E-state index in [4.69, 9.17) is 16.7 Å². The van der Waals surface area contributed by atoms with E-state index in [-0.39, 0.29) is 10.4 Å². The molecule has 31 heavy (non-hydrogen) atoms. The summed E-state index contributed by atoms with van der Waals surface area (Å²) in [6.07, 6.45) is 2.88. The minimum atomic E-state index is -0.00527. The van der Waals surface area contributed by atoms with E-state index < -0.39 is 0 Å². The average molecular weight is 433 g/mol. The topological polar surface area (TPSA) is 76.7 Å². The number of benzene rings is 2. The molecular weight excluding hydrogens is 408 g/mol. The maximum absolute atomic E-state index is 12.6. The van der Waals surface area contributed by atoms with Crippen molar-refractivity contribution in [2.24, 2.45) is 0 Å². The molecule has 0 saturated heterocycles. The van der Waals surface area contributed by atoms with Crippen molar-refractivity contribution in [3.05, 3.63) is 86.9 Å². The second kappa shape index (κ2) is 9.22. The molecule has 6 nitrogen and oxygen atoms in total. The number of nitrogens with one attached hydrogen (secondary N) is 1. The first-order valence-corrected chi connectivity index (χ1v) is 10.8. The maximum atomic E-state index is 12.6. The number of hydrogen-bond acceptors (Lipinski definition) is 5. The van der Waals surface area contributed by atoms with Crippen LogP contribution in [0.5, 0.6) is 0 Å². The van der Waals surface area contributed by atoms with Crippen LogP contribution in [0.2, 0.25) is 0 Å². The van der Waals surface area contributed by atoms with Crippen molar-refractivity contribution in [1.82, 2.24) is 19.7 Å². The van der Waals surface area contributed by atoms with Crippen LogP contribution in [0.1, 0.15) is 36.8 Å². The van der Waals surface area contributed by atoms with Gasteiger partial charge in [0.05, 0.1) is 6.54 Å². The minimum Gasteiger partial charge on any atom is -0.348 e. The van der Waals surface area contributed by atoms with E-state index in [2.05, 4.69) is 34.2 Å². The zero-order valence-electron chi connectivity index (χ0n) is 17.6. The number of rotatable bonds is 7. The van der Waals surface area contributed by atoms with Crippen LogP contribution < -0.4 is 5.56 Å². The van der Waals surface area contributed by atoms with Crippen LogP contribution in [-0.4, -0.2) is 19.7 Å². The highest BCUT2D eigenvalue weighted by Crippen LogP contribution is 2.30. The van der Waals surface area contributed by atoms with Gasteiger partial charge < -0.3 is 4.52 Å². The summed E-state index contributed by atoms with van der Waals surface area (Å²) in [6.45, 7) is 4.51. The van der Waals surface area contributed by atoms with Gasteiger partial charge in [-0.3, -0.25) is 9.36 Å². The molecule has 0 bridgehead atoms. The molecule has 7 heteroatoms. The first kappa shape index (κ1) is 20.9. The molecule has 2 heterocycles. The Morgan fingerprint density at radius 2 is 1.81 bits per heavy atom. The summed E-state index contributed by atoms with van der Waals surface area (Å²) in [5.74, 6) is 1.45. The van der Waals surface area contributed by atoms with Crippen molar-refractivity contribution in [3.63, 3.8) is 0 Å². The molecule has 158 valence electrons. The Kier molecular flexibility index (Phi) is 6.23. The lowest BCUT2D eigenvalue weighted by Gasteiger charge is -2.13. The minimum absolute atomic E-state index is 0.00527. The predicted octanol–water partition coefficient (Wildman–Crippen LogP) is 5.32. The van der Waals surface area contributed by atoms with Crippen LogP contribution in [0.15, 0.2) is 63.9 Å². The Hall–Kier alpha value is -3.32. The van der Waals surface area contributed by atoms with Gasteiger partial charge in [-0.15, -0.1) is 0 Å². The summed E-state index contributed by atoms with van der Waals surface area (Å²) >= 11 is 4.99.